The minimum absolute atomic E-state index is 0.209. The highest BCUT2D eigenvalue weighted by Crippen LogP contribution is 2.29. The maximum absolute atomic E-state index is 13.4. The van der Waals surface area contributed by atoms with E-state index in [1.807, 2.05) is 36.7 Å². The first-order valence-electron chi connectivity index (χ1n) is 14.0. The Hall–Kier alpha value is -4.42. The molecule has 2 fully saturated rings. The summed E-state index contributed by atoms with van der Waals surface area (Å²) in [4.78, 5) is 39.3. The summed E-state index contributed by atoms with van der Waals surface area (Å²) in [6, 6.07) is 12.2. The number of carbonyl (C=O) groups excluding carboxylic acids is 2. The number of ether oxygens (including phenoxy) is 4. The van der Waals surface area contributed by atoms with Gasteiger partial charge in [-0.05, 0) is 35.9 Å². The van der Waals surface area contributed by atoms with Crippen molar-refractivity contribution in [3.05, 3.63) is 71.5 Å². The molecule has 2 saturated heterocycles. The van der Waals surface area contributed by atoms with Gasteiger partial charge >= 0.3 is 0 Å². The summed E-state index contributed by atoms with van der Waals surface area (Å²) < 4.78 is 22.9. The van der Waals surface area contributed by atoms with E-state index in [0.717, 1.165) is 24.2 Å². The Bertz CT molecular complexity index is 1400. The summed E-state index contributed by atoms with van der Waals surface area (Å²) in [6.45, 7) is 4.87. The molecule has 2 N–H and O–H groups in total. The lowest BCUT2D eigenvalue weighted by molar-refractivity contribution is -0.123. The molecule has 1 aromatic heterocycles. The monoisotopic (exact) mass is 574 g/mol. The Morgan fingerprint density at radius 2 is 1.81 bits per heavy atom. The number of benzene rings is 2. The molecule has 12 heteroatoms. The van der Waals surface area contributed by atoms with Crippen LogP contribution in [0.15, 0.2) is 54.9 Å². The van der Waals surface area contributed by atoms with Gasteiger partial charge in [0.25, 0.3) is 11.8 Å². The molecule has 0 aliphatic carbocycles. The number of methoxy groups -OCH3 is 1. The third kappa shape index (κ3) is 6.55. The fourth-order valence-corrected chi connectivity index (χ4v) is 5.29. The van der Waals surface area contributed by atoms with Crippen LogP contribution in [0.3, 0.4) is 0 Å². The van der Waals surface area contributed by atoms with Gasteiger partial charge in [0.1, 0.15) is 11.9 Å². The summed E-state index contributed by atoms with van der Waals surface area (Å²) in [5.41, 5.74) is 2.30. The van der Waals surface area contributed by atoms with Gasteiger partial charge in [0, 0.05) is 62.8 Å². The summed E-state index contributed by atoms with van der Waals surface area (Å²) in [6.07, 6.45) is 3.43. The van der Waals surface area contributed by atoms with Crippen LogP contribution in [0.25, 0.3) is 0 Å². The minimum Gasteiger partial charge on any atom is -0.493 e. The van der Waals surface area contributed by atoms with Gasteiger partial charge in [-0.15, -0.1) is 0 Å². The summed E-state index contributed by atoms with van der Waals surface area (Å²) in [7, 11) is 1.51. The normalized spacial score (nSPS) is 21.4. The third-order valence-electron chi connectivity index (χ3n) is 7.54. The third-order valence-corrected chi connectivity index (χ3v) is 7.54. The van der Waals surface area contributed by atoms with E-state index in [-0.39, 0.29) is 30.6 Å². The average molecular weight is 575 g/mol. The van der Waals surface area contributed by atoms with Crippen LogP contribution in [0.1, 0.15) is 21.5 Å². The number of carbonyl (C=O) groups is 2. The van der Waals surface area contributed by atoms with Crippen molar-refractivity contribution in [1.29, 1.82) is 0 Å². The number of fused-ring (bicyclic) bond motifs is 7. The Labute approximate surface area is 243 Å². The highest BCUT2D eigenvalue weighted by atomic mass is 16.5. The molecular weight excluding hydrogens is 540 g/mol. The van der Waals surface area contributed by atoms with E-state index in [9.17, 15) is 9.59 Å². The Morgan fingerprint density at radius 3 is 2.57 bits per heavy atom. The van der Waals surface area contributed by atoms with Crippen molar-refractivity contribution >= 4 is 17.8 Å². The number of hydrogen-bond donors (Lipinski definition) is 2. The second-order valence-corrected chi connectivity index (χ2v) is 10.5. The van der Waals surface area contributed by atoms with Crippen molar-refractivity contribution in [1.82, 2.24) is 25.5 Å². The lowest BCUT2D eigenvalue weighted by atomic mass is 10.1. The van der Waals surface area contributed by atoms with E-state index in [4.69, 9.17) is 18.9 Å². The van der Waals surface area contributed by atoms with E-state index < -0.39 is 0 Å². The quantitative estimate of drug-likeness (QED) is 0.472. The van der Waals surface area contributed by atoms with Crippen LogP contribution in [0.4, 0.5) is 5.95 Å². The van der Waals surface area contributed by atoms with Crippen molar-refractivity contribution in [2.45, 2.75) is 25.2 Å². The highest BCUT2D eigenvalue weighted by Gasteiger charge is 2.36. The second-order valence-electron chi connectivity index (χ2n) is 10.5. The molecule has 4 bridgehead atoms. The van der Waals surface area contributed by atoms with Gasteiger partial charge in [-0.2, -0.15) is 0 Å². The fraction of sp³-hybridized carbons (Fsp3) is 0.400. The summed E-state index contributed by atoms with van der Waals surface area (Å²) in [5, 5.41) is 6.00. The summed E-state index contributed by atoms with van der Waals surface area (Å²) in [5.74, 6) is 1.59. The zero-order valence-corrected chi connectivity index (χ0v) is 23.5. The van der Waals surface area contributed by atoms with Crippen molar-refractivity contribution in [2.75, 3.05) is 58.0 Å². The first kappa shape index (κ1) is 27.7. The van der Waals surface area contributed by atoms with Crippen LogP contribution in [-0.2, 0) is 22.6 Å². The molecular formula is C30H34N6O6. The van der Waals surface area contributed by atoms with Crippen LogP contribution in [-0.4, -0.2) is 91.9 Å². The number of amides is 2. The van der Waals surface area contributed by atoms with E-state index >= 15 is 0 Å². The number of anilines is 1. The molecule has 12 nitrogen and oxygen atoms in total. The van der Waals surface area contributed by atoms with Gasteiger partial charge in [-0.25, -0.2) is 9.97 Å². The Kier molecular flexibility index (Phi) is 8.33. The molecule has 0 radical (unpaired) electrons. The second kappa shape index (κ2) is 12.6. The Balaban J connectivity index is 1.21. The molecule has 2 aromatic carbocycles. The first-order chi connectivity index (χ1) is 20.5. The van der Waals surface area contributed by atoms with Crippen molar-refractivity contribution in [3.63, 3.8) is 0 Å². The number of nitrogens with zero attached hydrogens (tertiary/aromatic N) is 4. The molecule has 2 atom stereocenters. The molecule has 4 aliphatic heterocycles. The molecule has 2 amide bonds. The number of likely N-dealkylation sites (tertiary alicyclic amines) is 1. The summed E-state index contributed by atoms with van der Waals surface area (Å²) >= 11 is 0. The van der Waals surface area contributed by atoms with Gasteiger partial charge in [0.05, 0.1) is 26.4 Å². The predicted octanol–water partition coefficient (Wildman–Crippen LogP) is 1.39. The number of aromatic nitrogens is 2. The van der Waals surface area contributed by atoms with Crippen molar-refractivity contribution in [2.24, 2.45) is 0 Å². The van der Waals surface area contributed by atoms with Crippen molar-refractivity contribution in [3.8, 4) is 17.2 Å². The van der Waals surface area contributed by atoms with Crippen molar-refractivity contribution < 1.29 is 28.5 Å². The topological polar surface area (TPSA) is 127 Å². The molecule has 4 aliphatic rings. The SMILES string of the molecule is COc1ccc2cc1OCC(=O)NCc1ccc(cc1)O[C@H]1CN(Cc3cnc(N4CCOCC4)nc3)C[C@@H]1NC2=O. The number of morpholine rings is 1. The number of hydrogen-bond acceptors (Lipinski definition) is 10. The van der Waals surface area contributed by atoms with E-state index in [0.29, 0.717) is 68.2 Å². The molecule has 220 valence electrons. The molecule has 3 aromatic rings. The van der Waals surface area contributed by atoms with Crippen LogP contribution in [0, 0.1) is 0 Å². The lowest BCUT2D eigenvalue weighted by Crippen LogP contribution is -2.45. The average Bonchev–Trinajstić information content (AvgIpc) is 3.39. The number of nitrogens with one attached hydrogen (secondary N) is 2. The standard InChI is InChI=1S/C30H34N6O6/c1-39-25-7-4-22-12-26(25)41-19-28(37)31-13-20-2-5-23(6-3-20)42-27-18-35(17-24(27)34-29(22)38)16-21-14-32-30(33-15-21)36-8-10-40-11-9-36/h2-7,12,14-15,24,27H,8-11,13,16-19H2,1H3,(H,31,37)(H,34,38)/t24-,27-/m0/s1. The maximum atomic E-state index is 13.4. The first-order valence-corrected chi connectivity index (χ1v) is 14.0. The van der Waals surface area contributed by atoms with Crippen LogP contribution < -0.4 is 29.7 Å². The molecule has 42 heavy (non-hydrogen) atoms. The highest BCUT2D eigenvalue weighted by molar-refractivity contribution is 5.95. The van der Waals surface area contributed by atoms with Crippen LogP contribution in [0.2, 0.25) is 0 Å². The van der Waals surface area contributed by atoms with Crippen LogP contribution in [0.5, 0.6) is 17.2 Å². The van der Waals surface area contributed by atoms with Gasteiger partial charge in [-0.1, -0.05) is 12.1 Å². The Morgan fingerprint density at radius 1 is 1.02 bits per heavy atom. The van der Waals surface area contributed by atoms with Gasteiger partial charge in [0.15, 0.2) is 18.1 Å². The number of rotatable bonds is 4. The predicted molar refractivity (Wildman–Crippen MR) is 153 cm³/mol. The molecule has 7 rings (SSSR count). The van der Waals surface area contributed by atoms with Crippen LogP contribution >= 0.6 is 0 Å². The molecule has 0 spiro atoms. The molecule has 5 heterocycles. The van der Waals surface area contributed by atoms with E-state index in [2.05, 4.69) is 30.4 Å². The fourth-order valence-electron chi connectivity index (χ4n) is 5.29. The minimum atomic E-state index is -0.294. The zero-order chi connectivity index (χ0) is 28.9. The maximum Gasteiger partial charge on any atom is 0.258 e. The van der Waals surface area contributed by atoms with Gasteiger partial charge in [-0.3, -0.25) is 14.5 Å². The van der Waals surface area contributed by atoms with Gasteiger partial charge < -0.3 is 34.5 Å². The van der Waals surface area contributed by atoms with E-state index in [1.54, 1.807) is 18.2 Å². The largest absolute Gasteiger partial charge is 0.493 e. The van der Waals surface area contributed by atoms with E-state index in [1.165, 1.54) is 7.11 Å². The molecule has 0 unspecified atom stereocenters. The zero-order valence-electron chi connectivity index (χ0n) is 23.5. The lowest BCUT2D eigenvalue weighted by Gasteiger charge is -2.26. The van der Waals surface area contributed by atoms with Gasteiger partial charge in [0.2, 0.25) is 5.95 Å². The smallest absolute Gasteiger partial charge is 0.258 e. The molecule has 0 saturated carbocycles.